The summed E-state index contributed by atoms with van der Waals surface area (Å²) in [4.78, 5) is -0.691. The lowest BCUT2D eigenvalue weighted by Crippen LogP contribution is -2.24. The summed E-state index contributed by atoms with van der Waals surface area (Å²) < 4.78 is -0.347. The fraction of sp³-hybridized carbons (Fsp3) is 0.400. The molecule has 0 amide bonds. The molecule has 0 saturated carbocycles. The summed E-state index contributed by atoms with van der Waals surface area (Å²) >= 11 is 26.7. The molecule has 0 heterocycles. The van der Waals surface area contributed by atoms with Gasteiger partial charge in [-0.3, -0.25) is 0 Å². The van der Waals surface area contributed by atoms with Crippen LogP contribution >= 0.6 is 62.3 Å². The van der Waals surface area contributed by atoms with Crippen molar-refractivity contribution in [1.82, 2.24) is 0 Å². The molecule has 0 aliphatic rings. The lowest BCUT2D eigenvalue weighted by atomic mass is 10.1. The van der Waals surface area contributed by atoms with Gasteiger partial charge >= 0.3 is 0 Å². The highest BCUT2D eigenvalue weighted by Crippen LogP contribution is 2.27. The van der Waals surface area contributed by atoms with Gasteiger partial charge in [-0.25, -0.2) is 0 Å². The Kier molecular flexibility index (Phi) is 7.65. The maximum Gasteiger partial charge on any atom is 0.114 e. The maximum atomic E-state index is 6.08. The normalized spacial score (nSPS) is 21.1. The third-order valence-electron chi connectivity index (χ3n) is 1.77. The molecule has 5 heteroatoms. The van der Waals surface area contributed by atoms with E-state index in [0.29, 0.717) is 5.57 Å². The van der Waals surface area contributed by atoms with Gasteiger partial charge in [0, 0.05) is 5.54 Å². The second-order valence-electron chi connectivity index (χ2n) is 3.03. The summed E-state index contributed by atoms with van der Waals surface area (Å²) in [5, 5.41) is -0.383. The van der Waals surface area contributed by atoms with Crippen LogP contribution in [0.5, 0.6) is 0 Å². The molecule has 0 aliphatic heterocycles. The molecule has 0 spiro atoms. The van der Waals surface area contributed by atoms with Crippen LogP contribution < -0.4 is 0 Å². The molecular formula is C10H11BrCl4. The quantitative estimate of drug-likeness (QED) is 0.352. The monoisotopic (exact) mass is 350 g/mol. The SMILES string of the molecule is C=C[C@@](C)(Cl)[C@@H](Cl)/C=C/C(=C\Cl)C(Cl)Br. The van der Waals surface area contributed by atoms with Gasteiger partial charge in [0.2, 0.25) is 0 Å². The Balaban J connectivity index is 4.60. The molecule has 0 aliphatic carbocycles. The predicted octanol–water partition coefficient (Wildman–Crippen LogP) is 5.42. The molecule has 86 valence electrons. The summed E-state index contributed by atoms with van der Waals surface area (Å²) in [7, 11) is 0. The molecule has 1 unspecified atom stereocenters. The van der Waals surface area contributed by atoms with Crippen LogP contribution in [0.4, 0.5) is 0 Å². The Morgan fingerprint density at radius 2 is 2.00 bits per heavy atom. The van der Waals surface area contributed by atoms with Crippen molar-refractivity contribution in [2.24, 2.45) is 0 Å². The number of alkyl halides is 4. The minimum Gasteiger partial charge on any atom is -0.116 e. The first-order valence-corrected chi connectivity index (χ1v) is 6.68. The molecular weight excluding hydrogens is 342 g/mol. The third-order valence-corrected chi connectivity index (χ3v) is 3.91. The van der Waals surface area contributed by atoms with Gasteiger partial charge in [-0.05, 0) is 12.5 Å². The van der Waals surface area contributed by atoms with E-state index in [2.05, 4.69) is 22.5 Å². The van der Waals surface area contributed by atoms with E-state index in [0.717, 1.165) is 0 Å². The predicted molar refractivity (Wildman–Crippen MR) is 75.7 cm³/mol. The zero-order valence-electron chi connectivity index (χ0n) is 8.06. The minimum absolute atomic E-state index is 0.347. The lowest BCUT2D eigenvalue weighted by Gasteiger charge is -2.20. The van der Waals surface area contributed by atoms with E-state index >= 15 is 0 Å². The van der Waals surface area contributed by atoms with Crippen molar-refractivity contribution >= 4 is 62.3 Å². The summed E-state index contributed by atoms with van der Waals surface area (Å²) in [6.07, 6.45) is 5.04. The highest BCUT2D eigenvalue weighted by Gasteiger charge is 2.24. The maximum absolute atomic E-state index is 6.08. The van der Waals surface area contributed by atoms with Crippen LogP contribution in [0.3, 0.4) is 0 Å². The highest BCUT2D eigenvalue weighted by atomic mass is 79.9. The second kappa shape index (κ2) is 7.24. The van der Waals surface area contributed by atoms with E-state index in [-0.39, 0.29) is 9.66 Å². The molecule has 0 bridgehead atoms. The largest absolute Gasteiger partial charge is 0.116 e. The van der Waals surface area contributed by atoms with Gasteiger partial charge in [-0.15, -0.1) is 41.4 Å². The van der Waals surface area contributed by atoms with Crippen molar-refractivity contribution in [3.63, 3.8) is 0 Å². The van der Waals surface area contributed by atoms with Crippen LogP contribution in [0.1, 0.15) is 6.92 Å². The van der Waals surface area contributed by atoms with Crippen LogP contribution in [0.15, 0.2) is 35.9 Å². The minimum atomic E-state index is -0.691. The van der Waals surface area contributed by atoms with Crippen LogP contribution in [0.2, 0.25) is 0 Å². The first-order valence-electron chi connectivity index (χ1n) is 4.08. The van der Waals surface area contributed by atoms with Crippen LogP contribution in [-0.2, 0) is 0 Å². The van der Waals surface area contributed by atoms with Gasteiger partial charge in [0.25, 0.3) is 0 Å². The Morgan fingerprint density at radius 3 is 2.33 bits per heavy atom. The van der Waals surface area contributed by atoms with Gasteiger partial charge in [0.05, 0.1) is 10.3 Å². The molecule has 0 radical (unpaired) electrons. The van der Waals surface area contributed by atoms with Gasteiger partial charge in [0.15, 0.2) is 0 Å². The second-order valence-corrected chi connectivity index (χ2v) is 6.41. The van der Waals surface area contributed by atoms with Crippen molar-refractivity contribution < 1.29 is 0 Å². The Morgan fingerprint density at radius 1 is 1.47 bits per heavy atom. The summed E-state index contributed by atoms with van der Waals surface area (Å²) in [6.45, 7) is 5.39. The molecule has 3 atom stereocenters. The molecule has 0 rings (SSSR count). The average molecular weight is 353 g/mol. The van der Waals surface area contributed by atoms with Gasteiger partial charge in [-0.1, -0.05) is 45.8 Å². The van der Waals surface area contributed by atoms with E-state index in [4.69, 9.17) is 46.4 Å². The summed E-state index contributed by atoms with van der Waals surface area (Å²) in [5.41, 5.74) is 2.09. The highest BCUT2D eigenvalue weighted by molar-refractivity contribution is 9.10. The van der Waals surface area contributed by atoms with E-state index in [1.54, 1.807) is 25.2 Å². The van der Waals surface area contributed by atoms with Crippen LogP contribution in [0, 0.1) is 0 Å². The van der Waals surface area contributed by atoms with E-state index in [1.807, 2.05) is 0 Å². The van der Waals surface area contributed by atoms with E-state index in [1.165, 1.54) is 5.54 Å². The molecule has 0 aromatic rings. The number of rotatable bonds is 5. The third kappa shape index (κ3) is 5.65. The van der Waals surface area contributed by atoms with E-state index in [9.17, 15) is 0 Å². The Labute approximate surface area is 119 Å². The molecule has 0 saturated heterocycles. The van der Waals surface area contributed by atoms with Crippen molar-refractivity contribution in [2.45, 2.75) is 21.5 Å². The first-order chi connectivity index (χ1) is 6.85. The van der Waals surface area contributed by atoms with Crippen molar-refractivity contribution in [2.75, 3.05) is 0 Å². The van der Waals surface area contributed by atoms with Gasteiger partial charge in [-0.2, -0.15) is 0 Å². The molecule has 15 heavy (non-hydrogen) atoms. The van der Waals surface area contributed by atoms with Gasteiger partial charge < -0.3 is 0 Å². The smallest absolute Gasteiger partial charge is 0.114 e. The molecule has 0 N–H and O–H groups in total. The average Bonchev–Trinajstić information content (AvgIpc) is 2.17. The zero-order valence-corrected chi connectivity index (χ0v) is 12.7. The first kappa shape index (κ1) is 15.9. The number of allylic oxidation sites excluding steroid dienone is 4. The number of hydrogen-bond donors (Lipinski definition) is 0. The topological polar surface area (TPSA) is 0 Å². The fourth-order valence-electron chi connectivity index (χ4n) is 0.653. The number of halogens is 5. The zero-order chi connectivity index (χ0) is 12.1. The van der Waals surface area contributed by atoms with Crippen LogP contribution in [-0.4, -0.2) is 14.5 Å². The lowest BCUT2D eigenvalue weighted by molar-refractivity contribution is 0.801. The van der Waals surface area contributed by atoms with Crippen LogP contribution in [0.25, 0.3) is 0 Å². The van der Waals surface area contributed by atoms with Gasteiger partial charge in [0.1, 0.15) is 4.29 Å². The summed E-state index contributed by atoms with van der Waals surface area (Å²) in [5.74, 6) is 0. The molecule has 0 fully saturated rings. The van der Waals surface area contributed by atoms with Crippen molar-refractivity contribution in [3.05, 3.63) is 35.9 Å². The number of hydrogen-bond acceptors (Lipinski definition) is 0. The van der Waals surface area contributed by atoms with Crippen molar-refractivity contribution in [3.8, 4) is 0 Å². The molecule has 0 aromatic carbocycles. The molecule has 0 aromatic heterocycles. The fourth-order valence-corrected chi connectivity index (χ4v) is 1.72. The van der Waals surface area contributed by atoms with E-state index < -0.39 is 4.87 Å². The van der Waals surface area contributed by atoms with Crippen molar-refractivity contribution in [1.29, 1.82) is 0 Å². The standard InChI is InChI=1S/C10H11BrCl4/c1-3-10(2,15)8(13)5-4-7(6-12)9(11)14/h3-6,8-9H,1H2,2H3/b5-4+,7-6+/t8-,9?,10+/m0/s1. The Bertz CT molecular complexity index is 269. The molecule has 0 nitrogen and oxygen atoms in total. The summed E-state index contributed by atoms with van der Waals surface area (Å²) in [6, 6.07) is 0. The Hall–Kier alpha value is 0.860.